The van der Waals surface area contributed by atoms with Crippen molar-refractivity contribution < 1.29 is 39.1 Å². The molecule has 0 bridgehead atoms. The minimum absolute atomic E-state index is 0.147. The van der Waals surface area contributed by atoms with Gasteiger partial charge in [-0.3, -0.25) is 0 Å². The highest BCUT2D eigenvalue weighted by Crippen LogP contribution is 2.43. The third kappa shape index (κ3) is 2.94. The van der Waals surface area contributed by atoms with Gasteiger partial charge in [-0.25, -0.2) is 4.79 Å². The van der Waals surface area contributed by atoms with E-state index < -0.39 is 48.2 Å². The van der Waals surface area contributed by atoms with E-state index in [1.54, 1.807) is 0 Å². The summed E-state index contributed by atoms with van der Waals surface area (Å²) in [6.45, 7) is 2.39. The Morgan fingerprint density at radius 2 is 1.77 bits per heavy atom. The molecule has 2 aliphatic heterocycles. The lowest BCUT2D eigenvalue weighted by atomic mass is 10.0. The van der Waals surface area contributed by atoms with Gasteiger partial charge in [0.25, 0.3) is 5.79 Å². The van der Waals surface area contributed by atoms with Crippen LogP contribution in [-0.4, -0.2) is 75.3 Å². The summed E-state index contributed by atoms with van der Waals surface area (Å²) >= 11 is 11.6. The first-order valence-electron chi connectivity index (χ1n) is 6.55. The molecule has 0 aromatic carbocycles. The van der Waals surface area contributed by atoms with E-state index in [1.165, 1.54) is 13.8 Å². The largest absolute Gasteiger partial charge is 0.477 e. The van der Waals surface area contributed by atoms with Crippen LogP contribution in [0.15, 0.2) is 0 Å². The van der Waals surface area contributed by atoms with Crippen molar-refractivity contribution in [2.24, 2.45) is 0 Å². The number of carbonyl (C=O) groups is 1. The summed E-state index contributed by atoms with van der Waals surface area (Å²) in [7, 11) is 0. The second-order valence-electron chi connectivity index (χ2n) is 5.64. The van der Waals surface area contributed by atoms with Crippen LogP contribution in [0.1, 0.15) is 13.8 Å². The molecule has 22 heavy (non-hydrogen) atoms. The Balaban J connectivity index is 2.34. The molecule has 10 heteroatoms. The second kappa shape index (κ2) is 6.03. The lowest BCUT2D eigenvalue weighted by molar-refractivity contribution is -0.242. The number of hydrogen-bond acceptors (Lipinski definition) is 7. The van der Waals surface area contributed by atoms with Crippen LogP contribution in [0.2, 0.25) is 0 Å². The van der Waals surface area contributed by atoms with Crippen molar-refractivity contribution in [3.63, 3.8) is 0 Å². The van der Waals surface area contributed by atoms with Crippen LogP contribution in [0.4, 0.5) is 0 Å². The summed E-state index contributed by atoms with van der Waals surface area (Å²) in [5, 5.41) is 29.0. The summed E-state index contributed by atoms with van der Waals surface area (Å²) in [6.07, 6.45) is -3.55. The van der Waals surface area contributed by atoms with Crippen molar-refractivity contribution in [3.05, 3.63) is 0 Å². The summed E-state index contributed by atoms with van der Waals surface area (Å²) in [5.41, 5.74) is 0. The minimum Gasteiger partial charge on any atom is -0.477 e. The number of aliphatic hydroxyl groups is 2. The lowest BCUT2D eigenvalue weighted by Crippen LogP contribution is -2.55. The van der Waals surface area contributed by atoms with E-state index in [0.717, 1.165) is 0 Å². The highest BCUT2D eigenvalue weighted by molar-refractivity contribution is 6.21. The zero-order valence-corrected chi connectivity index (χ0v) is 13.5. The maximum atomic E-state index is 11.4. The molecule has 8 nitrogen and oxygen atoms in total. The third-order valence-corrected chi connectivity index (χ3v) is 4.29. The smallest absolute Gasteiger partial charge is 0.367 e. The maximum absolute atomic E-state index is 11.4. The maximum Gasteiger partial charge on any atom is 0.367 e. The summed E-state index contributed by atoms with van der Waals surface area (Å²) < 4.78 is 21.7. The predicted octanol–water partition coefficient (Wildman–Crippen LogP) is -0.139. The first-order valence-corrected chi connectivity index (χ1v) is 7.62. The molecule has 0 spiro atoms. The third-order valence-electron chi connectivity index (χ3n) is 3.47. The van der Waals surface area contributed by atoms with E-state index in [9.17, 15) is 20.1 Å². The molecule has 3 N–H and O–H groups in total. The molecule has 0 unspecified atom stereocenters. The van der Waals surface area contributed by atoms with Gasteiger partial charge in [-0.1, -0.05) is 0 Å². The molecule has 2 fully saturated rings. The van der Waals surface area contributed by atoms with E-state index >= 15 is 0 Å². The summed E-state index contributed by atoms with van der Waals surface area (Å²) in [4.78, 5) is 11.4. The van der Waals surface area contributed by atoms with Crippen molar-refractivity contribution in [1.82, 2.24) is 0 Å². The van der Waals surface area contributed by atoms with Gasteiger partial charge >= 0.3 is 5.97 Å². The van der Waals surface area contributed by atoms with E-state index in [-0.39, 0.29) is 11.8 Å². The molecule has 0 aliphatic carbocycles. The fourth-order valence-electron chi connectivity index (χ4n) is 2.55. The Morgan fingerprint density at radius 3 is 2.23 bits per heavy atom. The Morgan fingerprint density at radius 1 is 1.18 bits per heavy atom. The fraction of sp³-hybridized carbons (Fsp3) is 0.917. The molecule has 2 heterocycles. The van der Waals surface area contributed by atoms with Crippen molar-refractivity contribution in [1.29, 1.82) is 0 Å². The number of carboxylic acid groups (broad SMARTS) is 1. The lowest BCUT2D eigenvalue weighted by Gasteiger charge is -2.28. The van der Waals surface area contributed by atoms with Crippen LogP contribution in [0.3, 0.4) is 0 Å². The van der Waals surface area contributed by atoms with E-state index in [0.29, 0.717) is 0 Å². The Kier molecular flexibility index (Phi) is 4.97. The molecular weight excluding hydrogens is 343 g/mol. The summed E-state index contributed by atoms with van der Waals surface area (Å²) in [5.74, 6) is -7.36. The number of halogens is 2. The average molecular weight is 361 g/mol. The average Bonchev–Trinajstić information content (AvgIpc) is 2.94. The Labute approximate surface area is 136 Å². The van der Waals surface area contributed by atoms with E-state index in [1.807, 2.05) is 0 Å². The molecule has 2 aliphatic rings. The zero-order valence-electron chi connectivity index (χ0n) is 12.0. The molecule has 2 saturated heterocycles. The molecule has 0 radical (unpaired) electrons. The molecule has 0 aromatic rings. The number of ether oxygens (including phenoxy) is 4. The molecule has 0 amide bonds. The molecule has 0 aromatic heterocycles. The summed E-state index contributed by atoms with van der Waals surface area (Å²) in [6, 6.07) is 0. The van der Waals surface area contributed by atoms with Gasteiger partial charge in [0.05, 0.1) is 18.4 Å². The molecule has 0 saturated carbocycles. The Hall–Kier alpha value is -0.190. The predicted molar refractivity (Wildman–Crippen MR) is 73.6 cm³/mol. The number of alkyl halides is 2. The topological polar surface area (TPSA) is 115 Å². The highest BCUT2D eigenvalue weighted by atomic mass is 35.5. The number of hydrogen-bond donors (Lipinski definition) is 3. The van der Waals surface area contributed by atoms with Crippen LogP contribution in [0, 0.1) is 0 Å². The number of aliphatic carboxylic acids is 1. The monoisotopic (exact) mass is 360 g/mol. The standard InChI is InChI=1S/C12H18Cl2O8/c1-10(2)21-8(12(18,22-10)9(16)17)7-6(3-15)19-11(4-13,5-14)20-7/h6-8,15,18H,3-5H2,1-2H3,(H,16,17)/t6-,7-,8+,12-/m1/s1. The van der Waals surface area contributed by atoms with Crippen molar-refractivity contribution in [2.45, 2.75) is 49.5 Å². The van der Waals surface area contributed by atoms with Gasteiger partial charge in [0, 0.05) is 0 Å². The Bertz CT molecular complexity index is 441. The van der Waals surface area contributed by atoms with Crippen LogP contribution in [0.5, 0.6) is 0 Å². The highest BCUT2D eigenvalue weighted by Gasteiger charge is 2.65. The molecule has 128 valence electrons. The molecular formula is C12H18Cl2O8. The SMILES string of the molecule is CC1(C)O[C@@H]([C@@H]2OC(CCl)(CCl)O[C@@H]2CO)[C@](O)(C(=O)O)O1. The van der Waals surface area contributed by atoms with Crippen LogP contribution in [0.25, 0.3) is 0 Å². The number of aliphatic hydroxyl groups excluding tert-OH is 1. The van der Waals surface area contributed by atoms with E-state index in [2.05, 4.69) is 0 Å². The normalized spacial score (nSPS) is 40.0. The zero-order chi connectivity index (χ0) is 16.8. The van der Waals surface area contributed by atoms with E-state index in [4.69, 9.17) is 42.1 Å². The van der Waals surface area contributed by atoms with Gasteiger partial charge in [0.1, 0.15) is 12.2 Å². The fourth-order valence-corrected chi connectivity index (χ4v) is 3.09. The van der Waals surface area contributed by atoms with Gasteiger partial charge in [0.2, 0.25) is 0 Å². The first-order chi connectivity index (χ1) is 10.1. The second-order valence-corrected chi connectivity index (χ2v) is 6.18. The number of rotatable bonds is 5. The van der Waals surface area contributed by atoms with Gasteiger partial charge in [-0.15, -0.1) is 23.2 Å². The molecule has 4 atom stereocenters. The minimum atomic E-state index is -2.65. The van der Waals surface area contributed by atoms with Crippen LogP contribution in [-0.2, 0) is 23.7 Å². The van der Waals surface area contributed by atoms with Crippen LogP contribution < -0.4 is 0 Å². The van der Waals surface area contributed by atoms with Crippen molar-refractivity contribution in [3.8, 4) is 0 Å². The van der Waals surface area contributed by atoms with Gasteiger partial charge in [-0.2, -0.15) is 0 Å². The van der Waals surface area contributed by atoms with Crippen LogP contribution >= 0.6 is 23.2 Å². The van der Waals surface area contributed by atoms with Gasteiger partial charge < -0.3 is 34.3 Å². The quantitative estimate of drug-likeness (QED) is 0.580. The van der Waals surface area contributed by atoms with Gasteiger partial charge in [0.15, 0.2) is 17.7 Å². The number of carboxylic acids is 1. The molecule has 2 rings (SSSR count). The van der Waals surface area contributed by atoms with Gasteiger partial charge in [-0.05, 0) is 13.8 Å². The first kappa shape index (κ1) is 18.2. The van der Waals surface area contributed by atoms with Crippen molar-refractivity contribution in [2.75, 3.05) is 18.4 Å². The van der Waals surface area contributed by atoms with Crippen molar-refractivity contribution >= 4 is 29.2 Å².